The van der Waals surface area contributed by atoms with Crippen LogP contribution >= 0.6 is 0 Å². The van der Waals surface area contributed by atoms with E-state index >= 15 is 0 Å². The number of nitrogens with one attached hydrogen (secondary N) is 1. The molecular weight excluding hydrogens is 222 g/mol. The van der Waals surface area contributed by atoms with Gasteiger partial charge in [0, 0.05) is 19.2 Å². The Morgan fingerprint density at radius 3 is 2.78 bits per heavy atom. The predicted octanol–water partition coefficient (Wildman–Crippen LogP) is 3.38. The fourth-order valence-electron chi connectivity index (χ4n) is 2.63. The zero-order valence-electron chi connectivity index (χ0n) is 12.0. The van der Waals surface area contributed by atoms with Crippen molar-refractivity contribution in [2.24, 2.45) is 5.92 Å². The highest BCUT2D eigenvalue weighted by Gasteiger charge is 2.22. The van der Waals surface area contributed by atoms with Crippen LogP contribution in [0.4, 0.5) is 0 Å². The van der Waals surface area contributed by atoms with Gasteiger partial charge in [-0.1, -0.05) is 37.6 Å². The van der Waals surface area contributed by atoms with Crippen molar-refractivity contribution in [2.75, 3.05) is 13.2 Å². The van der Waals surface area contributed by atoms with Crippen LogP contribution in [-0.2, 0) is 4.74 Å². The summed E-state index contributed by atoms with van der Waals surface area (Å²) in [5, 5.41) is 3.65. The highest BCUT2D eigenvalue weighted by molar-refractivity contribution is 5.32. The zero-order valence-corrected chi connectivity index (χ0v) is 12.0. The Balaban J connectivity index is 2.12. The molecule has 1 saturated heterocycles. The molecule has 1 heterocycles. The van der Waals surface area contributed by atoms with Gasteiger partial charge in [-0.3, -0.25) is 0 Å². The molecule has 0 amide bonds. The minimum atomic E-state index is 0.202. The molecule has 2 rings (SSSR count). The van der Waals surface area contributed by atoms with E-state index in [9.17, 15) is 0 Å². The molecule has 0 aromatic heterocycles. The minimum Gasteiger partial charge on any atom is -0.372 e. The van der Waals surface area contributed by atoms with E-state index in [-0.39, 0.29) is 6.10 Å². The molecule has 0 radical (unpaired) electrons. The Labute approximate surface area is 111 Å². The zero-order chi connectivity index (χ0) is 13.1. The van der Waals surface area contributed by atoms with Crippen LogP contribution in [0.1, 0.15) is 43.1 Å². The topological polar surface area (TPSA) is 21.3 Å². The van der Waals surface area contributed by atoms with Crippen molar-refractivity contribution in [1.82, 2.24) is 5.32 Å². The molecule has 1 aliphatic rings. The summed E-state index contributed by atoms with van der Waals surface area (Å²) in [6, 6.07) is 7.20. The lowest BCUT2D eigenvalue weighted by molar-refractivity contribution is 0.0656. The first-order chi connectivity index (χ1) is 8.58. The van der Waals surface area contributed by atoms with Gasteiger partial charge < -0.3 is 10.1 Å². The second-order valence-corrected chi connectivity index (χ2v) is 5.77. The number of hydrogen-bond donors (Lipinski definition) is 1. The Bertz CT molecular complexity index is 400. The van der Waals surface area contributed by atoms with Gasteiger partial charge in [0.25, 0.3) is 0 Å². The lowest BCUT2D eigenvalue weighted by Crippen LogP contribution is -2.34. The van der Waals surface area contributed by atoms with Crippen LogP contribution in [0.5, 0.6) is 0 Å². The second kappa shape index (κ2) is 5.85. The lowest BCUT2D eigenvalue weighted by atomic mass is 9.99. The molecule has 1 N–H and O–H groups in total. The van der Waals surface area contributed by atoms with Crippen molar-refractivity contribution in [3.8, 4) is 0 Å². The van der Waals surface area contributed by atoms with E-state index in [0.29, 0.717) is 12.0 Å². The predicted molar refractivity (Wildman–Crippen MR) is 75.9 cm³/mol. The maximum absolute atomic E-state index is 6.04. The van der Waals surface area contributed by atoms with E-state index in [1.807, 2.05) is 0 Å². The van der Waals surface area contributed by atoms with E-state index in [0.717, 1.165) is 19.6 Å². The first-order valence-corrected chi connectivity index (χ1v) is 7.00. The van der Waals surface area contributed by atoms with E-state index in [1.165, 1.54) is 16.7 Å². The van der Waals surface area contributed by atoms with E-state index < -0.39 is 0 Å². The van der Waals surface area contributed by atoms with Crippen molar-refractivity contribution in [1.29, 1.82) is 0 Å². The number of benzene rings is 1. The third-order valence-electron chi connectivity index (χ3n) is 3.90. The van der Waals surface area contributed by atoms with Gasteiger partial charge in [-0.25, -0.2) is 0 Å². The lowest BCUT2D eigenvalue weighted by Gasteiger charge is -2.21. The standard InChI is InChI=1S/C16H25NO/c1-11(2)15-7-8-18-16(10-17-15)14-9-12(3)5-6-13(14)4/h5-6,9,11,15-17H,7-8,10H2,1-4H3. The summed E-state index contributed by atoms with van der Waals surface area (Å²) in [4.78, 5) is 0. The highest BCUT2D eigenvalue weighted by atomic mass is 16.5. The van der Waals surface area contributed by atoms with Crippen molar-refractivity contribution in [3.05, 3.63) is 34.9 Å². The third-order valence-corrected chi connectivity index (χ3v) is 3.90. The molecule has 1 aromatic carbocycles. The third kappa shape index (κ3) is 3.12. The largest absolute Gasteiger partial charge is 0.372 e. The summed E-state index contributed by atoms with van der Waals surface area (Å²) < 4.78 is 6.04. The molecule has 18 heavy (non-hydrogen) atoms. The van der Waals surface area contributed by atoms with Crippen LogP contribution in [0.2, 0.25) is 0 Å². The fourth-order valence-corrected chi connectivity index (χ4v) is 2.63. The summed E-state index contributed by atoms with van der Waals surface area (Å²) >= 11 is 0. The van der Waals surface area contributed by atoms with Crippen molar-refractivity contribution in [2.45, 2.75) is 46.3 Å². The van der Waals surface area contributed by atoms with Crippen molar-refractivity contribution >= 4 is 0 Å². The number of aryl methyl sites for hydroxylation is 2. The van der Waals surface area contributed by atoms with Gasteiger partial charge in [0.15, 0.2) is 0 Å². The molecule has 2 nitrogen and oxygen atoms in total. The van der Waals surface area contributed by atoms with Crippen LogP contribution in [0.25, 0.3) is 0 Å². The summed E-state index contributed by atoms with van der Waals surface area (Å²) in [5.74, 6) is 0.672. The fraction of sp³-hybridized carbons (Fsp3) is 0.625. The van der Waals surface area contributed by atoms with Gasteiger partial charge in [0.05, 0.1) is 6.10 Å². The van der Waals surface area contributed by atoms with Crippen molar-refractivity contribution < 1.29 is 4.74 Å². The molecule has 2 atom stereocenters. The molecule has 0 spiro atoms. The van der Waals surface area contributed by atoms with E-state index in [1.54, 1.807) is 0 Å². The van der Waals surface area contributed by atoms with Crippen LogP contribution in [-0.4, -0.2) is 19.2 Å². The highest BCUT2D eigenvalue weighted by Crippen LogP contribution is 2.25. The summed E-state index contributed by atoms with van der Waals surface area (Å²) in [5.41, 5.74) is 3.98. The average molecular weight is 247 g/mol. The summed E-state index contributed by atoms with van der Waals surface area (Å²) in [6.45, 7) is 10.6. The molecule has 2 unspecified atom stereocenters. The quantitative estimate of drug-likeness (QED) is 0.865. The van der Waals surface area contributed by atoms with Crippen LogP contribution < -0.4 is 5.32 Å². The monoisotopic (exact) mass is 247 g/mol. The number of ether oxygens (including phenoxy) is 1. The molecule has 100 valence electrons. The Morgan fingerprint density at radius 2 is 2.06 bits per heavy atom. The number of rotatable bonds is 2. The van der Waals surface area contributed by atoms with Crippen LogP contribution in [0.3, 0.4) is 0 Å². The average Bonchev–Trinajstić information content (AvgIpc) is 2.58. The maximum Gasteiger partial charge on any atom is 0.0951 e. The SMILES string of the molecule is Cc1ccc(C)c(C2CNC(C(C)C)CCO2)c1. The molecule has 0 aliphatic carbocycles. The van der Waals surface area contributed by atoms with Gasteiger partial charge in [0.2, 0.25) is 0 Å². The maximum atomic E-state index is 6.04. The normalized spacial score (nSPS) is 25.2. The summed E-state index contributed by atoms with van der Waals surface area (Å²) in [6.07, 6.45) is 1.31. The molecule has 1 aliphatic heterocycles. The van der Waals surface area contributed by atoms with Gasteiger partial charge in [0.1, 0.15) is 0 Å². The van der Waals surface area contributed by atoms with E-state index in [4.69, 9.17) is 4.74 Å². The van der Waals surface area contributed by atoms with Gasteiger partial charge >= 0.3 is 0 Å². The Kier molecular flexibility index (Phi) is 4.41. The Morgan fingerprint density at radius 1 is 1.28 bits per heavy atom. The smallest absolute Gasteiger partial charge is 0.0951 e. The first kappa shape index (κ1) is 13.6. The van der Waals surface area contributed by atoms with Crippen LogP contribution in [0, 0.1) is 19.8 Å². The first-order valence-electron chi connectivity index (χ1n) is 7.00. The Hall–Kier alpha value is -0.860. The van der Waals surface area contributed by atoms with Crippen LogP contribution in [0.15, 0.2) is 18.2 Å². The van der Waals surface area contributed by atoms with Gasteiger partial charge in [-0.05, 0) is 37.3 Å². The summed E-state index contributed by atoms with van der Waals surface area (Å²) in [7, 11) is 0. The molecule has 1 aromatic rings. The second-order valence-electron chi connectivity index (χ2n) is 5.77. The van der Waals surface area contributed by atoms with E-state index in [2.05, 4.69) is 51.2 Å². The van der Waals surface area contributed by atoms with Gasteiger partial charge in [-0.15, -0.1) is 0 Å². The molecule has 0 bridgehead atoms. The molecular formula is C16H25NO. The van der Waals surface area contributed by atoms with Crippen molar-refractivity contribution in [3.63, 3.8) is 0 Å². The molecule has 0 saturated carbocycles. The molecule has 1 fully saturated rings. The molecule has 2 heteroatoms. The number of hydrogen-bond acceptors (Lipinski definition) is 2. The van der Waals surface area contributed by atoms with Gasteiger partial charge in [-0.2, -0.15) is 0 Å². The minimum absolute atomic E-state index is 0.202.